The van der Waals surface area contributed by atoms with Gasteiger partial charge in [0.2, 0.25) is 5.95 Å². The number of methoxy groups -OCH3 is 1. The van der Waals surface area contributed by atoms with Gasteiger partial charge in [0.1, 0.15) is 23.4 Å². The first-order chi connectivity index (χ1) is 18.6. The molecule has 1 aliphatic rings. The van der Waals surface area contributed by atoms with Crippen molar-refractivity contribution in [2.75, 3.05) is 37.4 Å². The van der Waals surface area contributed by atoms with E-state index in [1.165, 1.54) is 7.11 Å². The smallest absolute Gasteiger partial charge is 0.324 e. The molecule has 1 fully saturated rings. The van der Waals surface area contributed by atoms with Gasteiger partial charge in [-0.1, -0.05) is 18.2 Å². The highest BCUT2D eigenvalue weighted by molar-refractivity contribution is 5.76. The molecule has 4 heterocycles. The maximum Gasteiger partial charge on any atom is 0.324 e. The molecule has 3 aromatic heterocycles. The number of ether oxygens (including phenoxy) is 1. The van der Waals surface area contributed by atoms with E-state index >= 15 is 0 Å². The van der Waals surface area contributed by atoms with E-state index in [1.54, 1.807) is 24.5 Å². The van der Waals surface area contributed by atoms with Crippen molar-refractivity contribution in [3.63, 3.8) is 0 Å². The summed E-state index contributed by atoms with van der Waals surface area (Å²) in [6.45, 7) is 4.81. The minimum atomic E-state index is -0.283. The second-order valence-corrected chi connectivity index (χ2v) is 8.86. The number of hydrogen-bond acceptors (Lipinski definition) is 11. The molecule has 4 aromatic rings. The van der Waals surface area contributed by atoms with Gasteiger partial charge in [0.25, 0.3) is 0 Å². The number of carbonyl (C=O) groups is 1. The van der Waals surface area contributed by atoms with Crippen LogP contribution >= 0.6 is 0 Å². The fourth-order valence-electron chi connectivity index (χ4n) is 4.20. The van der Waals surface area contributed by atoms with Crippen LogP contribution in [0.4, 0.5) is 23.3 Å². The predicted octanol–water partition coefficient (Wildman–Crippen LogP) is 3.07. The molecule has 0 amide bonds. The van der Waals surface area contributed by atoms with E-state index in [-0.39, 0.29) is 12.0 Å². The van der Waals surface area contributed by atoms with Crippen molar-refractivity contribution in [1.29, 1.82) is 0 Å². The number of aromatic nitrogens is 5. The number of benzene rings is 1. The van der Waals surface area contributed by atoms with Gasteiger partial charge in [0.05, 0.1) is 7.11 Å². The molecule has 1 aromatic carbocycles. The van der Waals surface area contributed by atoms with Gasteiger partial charge in [-0.2, -0.15) is 4.98 Å². The average molecular weight is 512 g/mol. The zero-order valence-electron chi connectivity index (χ0n) is 21.3. The van der Waals surface area contributed by atoms with Crippen LogP contribution in [0.15, 0.2) is 67.0 Å². The van der Waals surface area contributed by atoms with Crippen LogP contribution in [0.1, 0.15) is 11.3 Å². The zero-order valence-corrected chi connectivity index (χ0v) is 21.3. The predicted molar refractivity (Wildman–Crippen MR) is 144 cm³/mol. The van der Waals surface area contributed by atoms with Gasteiger partial charge >= 0.3 is 5.97 Å². The summed E-state index contributed by atoms with van der Waals surface area (Å²) in [4.78, 5) is 36.5. The fraction of sp³-hybridized carbons (Fsp3) is 0.259. The molecule has 3 N–H and O–H groups in total. The highest BCUT2D eigenvalue weighted by Crippen LogP contribution is 2.20. The highest BCUT2D eigenvalue weighted by Gasteiger charge is 2.29. The average Bonchev–Trinajstić information content (AvgIpc) is 2.94. The summed E-state index contributed by atoms with van der Waals surface area (Å²) >= 11 is 0. The molecule has 0 saturated carbocycles. The Balaban J connectivity index is 1.23. The van der Waals surface area contributed by atoms with E-state index in [0.29, 0.717) is 42.2 Å². The number of hydrogen-bond donors (Lipinski definition) is 3. The maximum absolute atomic E-state index is 12.1. The van der Waals surface area contributed by atoms with Crippen LogP contribution in [0.3, 0.4) is 0 Å². The fourth-order valence-corrected chi connectivity index (χ4v) is 4.20. The normalized spacial score (nSPS) is 15.6. The number of carbonyl (C=O) groups excluding carboxylic acids is 1. The van der Waals surface area contributed by atoms with Crippen LogP contribution in [0, 0.1) is 6.92 Å². The molecule has 11 nitrogen and oxygen atoms in total. The summed E-state index contributed by atoms with van der Waals surface area (Å²) < 4.78 is 4.96. The number of nitrogens with zero attached hydrogens (tertiary/aromatic N) is 6. The van der Waals surface area contributed by atoms with Crippen molar-refractivity contribution < 1.29 is 9.53 Å². The summed E-state index contributed by atoms with van der Waals surface area (Å²) in [6.07, 6.45) is 3.36. The second-order valence-electron chi connectivity index (χ2n) is 8.86. The van der Waals surface area contributed by atoms with Crippen LogP contribution in [-0.2, 0) is 16.1 Å². The van der Waals surface area contributed by atoms with Crippen LogP contribution in [-0.4, -0.2) is 68.6 Å². The molecule has 1 aliphatic heterocycles. The van der Waals surface area contributed by atoms with Gasteiger partial charge in [-0.15, -0.1) is 0 Å². The van der Waals surface area contributed by atoms with Crippen LogP contribution in [0.2, 0.25) is 0 Å². The third-order valence-corrected chi connectivity index (χ3v) is 6.11. The molecule has 194 valence electrons. The van der Waals surface area contributed by atoms with Crippen molar-refractivity contribution in [2.45, 2.75) is 19.5 Å². The Hall–Kier alpha value is -4.48. The molecule has 38 heavy (non-hydrogen) atoms. The van der Waals surface area contributed by atoms with Crippen molar-refractivity contribution >= 4 is 29.2 Å². The Morgan fingerprint density at radius 1 is 1.00 bits per heavy atom. The monoisotopic (exact) mass is 511 g/mol. The third-order valence-electron chi connectivity index (χ3n) is 6.11. The molecule has 0 bridgehead atoms. The molecule has 0 spiro atoms. The molecule has 1 unspecified atom stereocenters. The van der Waals surface area contributed by atoms with Gasteiger partial charge in [0, 0.05) is 50.0 Å². The van der Waals surface area contributed by atoms with Gasteiger partial charge in [-0.05, 0) is 48.9 Å². The van der Waals surface area contributed by atoms with Crippen molar-refractivity contribution in [3.8, 4) is 11.5 Å². The summed E-state index contributed by atoms with van der Waals surface area (Å²) in [5.74, 6) is 1.96. The summed E-state index contributed by atoms with van der Waals surface area (Å²) in [6, 6.07) is 17.0. The van der Waals surface area contributed by atoms with Gasteiger partial charge in [0.15, 0.2) is 5.82 Å². The number of piperazine rings is 1. The number of pyridine rings is 1. The van der Waals surface area contributed by atoms with Crippen LogP contribution in [0.5, 0.6) is 0 Å². The van der Waals surface area contributed by atoms with E-state index in [2.05, 4.69) is 45.8 Å². The number of anilines is 4. The first-order valence-electron chi connectivity index (χ1n) is 12.3. The Kier molecular flexibility index (Phi) is 7.76. The van der Waals surface area contributed by atoms with Gasteiger partial charge in [-0.3, -0.25) is 9.69 Å². The largest absolute Gasteiger partial charge is 0.468 e. The second kappa shape index (κ2) is 11.7. The standard InChI is InChI=1S/C27H29N9O2/c1-18-4-3-5-21(31-18)25-29-12-10-23(34-25)33-24-11-13-30-27(35-24)32-20-8-6-19(7-9-20)17-36-15-14-28-16-22(36)26(37)38-2/h3-13,22,28H,14-17H2,1-2H3,(H2,29,30,32,33,34,35). The van der Waals surface area contributed by atoms with Crippen LogP contribution in [0.25, 0.3) is 11.5 Å². The van der Waals surface area contributed by atoms with Crippen LogP contribution < -0.4 is 16.0 Å². The molecule has 0 radical (unpaired) electrons. The third kappa shape index (κ3) is 6.25. The van der Waals surface area contributed by atoms with E-state index < -0.39 is 0 Å². The van der Waals surface area contributed by atoms with Crippen molar-refractivity contribution in [3.05, 3.63) is 78.2 Å². The van der Waals surface area contributed by atoms with Crippen molar-refractivity contribution in [1.82, 2.24) is 35.1 Å². The van der Waals surface area contributed by atoms with E-state index in [1.807, 2.05) is 49.4 Å². The number of nitrogens with one attached hydrogen (secondary N) is 3. The minimum absolute atomic E-state index is 0.217. The van der Waals surface area contributed by atoms with Gasteiger partial charge < -0.3 is 20.7 Å². The molecule has 1 saturated heterocycles. The number of rotatable bonds is 8. The lowest BCUT2D eigenvalue weighted by Gasteiger charge is -2.34. The Morgan fingerprint density at radius 3 is 2.58 bits per heavy atom. The minimum Gasteiger partial charge on any atom is -0.468 e. The molecular formula is C27H29N9O2. The van der Waals surface area contributed by atoms with E-state index in [4.69, 9.17) is 4.74 Å². The Bertz CT molecular complexity index is 1400. The lowest BCUT2D eigenvalue weighted by molar-refractivity contribution is -0.147. The van der Waals surface area contributed by atoms with Crippen molar-refractivity contribution in [2.24, 2.45) is 0 Å². The maximum atomic E-state index is 12.1. The summed E-state index contributed by atoms with van der Waals surface area (Å²) in [7, 11) is 1.43. The number of esters is 1. The molecule has 11 heteroatoms. The molecule has 0 aliphatic carbocycles. The van der Waals surface area contributed by atoms with E-state index in [9.17, 15) is 4.79 Å². The van der Waals surface area contributed by atoms with Gasteiger partial charge in [-0.25, -0.2) is 19.9 Å². The zero-order chi connectivity index (χ0) is 26.3. The Labute approximate surface area is 220 Å². The molecule has 1 atom stereocenters. The molecular weight excluding hydrogens is 482 g/mol. The summed E-state index contributed by atoms with van der Waals surface area (Å²) in [5.41, 5.74) is 3.56. The number of aryl methyl sites for hydroxylation is 1. The first-order valence-corrected chi connectivity index (χ1v) is 12.3. The summed E-state index contributed by atoms with van der Waals surface area (Å²) in [5, 5.41) is 9.70. The first kappa shape index (κ1) is 25.2. The lowest BCUT2D eigenvalue weighted by atomic mass is 10.1. The lowest BCUT2D eigenvalue weighted by Crippen LogP contribution is -2.54. The topological polar surface area (TPSA) is 130 Å². The highest BCUT2D eigenvalue weighted by atomic mass is 16.5. The SMILES string of the molecule is COC(=O)C1CNCCN1Cc1ccc(Nc2nccc(Nc3ccnc(-c4cccc(C)n4)n3)n2)cc1. The quantitative estimate of drug-likeness (QED) is 0.302. The Morgan fingerprint density at radius 2 is 1.79 bits per heavy atom. The molecule has 5 rings (SSSR count). The van der Waals surface area contributed by atoms with E-state index in [0.717, 1.165) is 30.0 Å².